The molecule has 4 rings (SSSR count). The summed E-state index contributed by atoms with van der Waals surface area (Å²) in [7, 11) is 0. The van der Waals surface area contributed by atoms with Gasteiger partial charge in [0.1, 0.15) is 18.5 Å². The second-order valence-corrected chi connectivity index (χ2v) is 7.96. The zero-order valence-electron chi connectivity index (χ0n) is 18.0. The Morgan fingerprint density at radius 3 is 2.36 bits per heavy atom. The summed E-state index contributed by atoms with van der Waals surface area (Å²) in [6, 6.07) is 22.0. The number of nitrogens with zero attached hydrogens (tertiary/aromatic N) is 1. The summed E-state index contributed by atoms with van der Waals surface area (Å²) in [5.41, 5.74) is 3.13. The van der Waals surface area contributed by atoms with E-state index in [-0.39, 0.29) is 43.8 Å². The fourth-order valence-electron chi connectivity index (χ4n) is 3.95. The molecule has 0 aliphatic carbocycles. The van der Waals surface area contributed by atoms with Crippen molar-refractivity contribution in [2.24, 2.45) is 0 Å². The number of benzene rings is 3. The van der Waals surface area contributed by atoms with Gasteiger partial charge in [-0.05, 0) is 41.0 Å². The van der Waals surface area contributed by atoms with E-state index in [4.69, 9.17) is 4.74 Å². The van der Waals surface area contributed by atoms with Crippen LogP contribution in [0.4, 0.5) is 10.1 Å². The molecule has 1 saturated heterocycles. The van der Waals surface area contributed by atoms with E-state index in [1.54, 1.807) is 29.2 Å². The second kappa shape index (κ2) is 10.4. The molecular weight excluding hydrogens is 423 g/mol. The number of amides is 2. The van der Waals surface area contributed by atoms with Gasteiger partial charge in [-0.1, -0.05) is 54.6 Å². The van der Waals surface area contributed by atoms with Crippen LogP contribution in [0.15, 0.2) is 78.9 Å². The second-order valence-electron chi connectivity index (χ2n) is 7.96. The summed E-state index contributed by atoms with van der Waals surface area (Å²) < 4.78 is 19.0. The maximum absolute atomic E-state index is 13.2. The number of hydrogen-bond donors (Lipinski definition) is 2. The molecule has 1 aliphatic heterocycles. The minimum Gasteiger partial charge on any atom is -0.394 e. The van der Waals surface area contributed by atoms with Gasteiger partial charge in [-0.25, -0.2) is 4.39 Å². The Hall–Kier alpha value is -3.55. The summed E-state index contributed by atoms with van der Waals surface area (Å²) in [6.07, 6.45) is -0.247. The molecule has 1 heterocycles. The summed E-state index contributed by atoms with van der Waals surface area (Å²) in [6.45, 7) is -0.150. The average Bonchev–Trinajstić information content (AvgIpc) is 2.83. The number of morpholine rings is 1. The van der Waals surface area contributed by atoms with Crippen LogP contribution in [0.1, 0.15) is 22.8 Å². The van der Waals surface area contributed by atoms with Gasteiger partial charge in [0.05, 0.1) is 19.1 Å². The average molecular weight is 448 g/mol. The fourth-order valence-corrected chi connectivity index (χ4v) is 3.95. The van der Waals surface area contributed by atoms with Gasteiger partial charge in [0.25, 0.3) is 0 Å². The van der Waals surface area contributed by atoms with Crippen LogP contribution < -0.4 is 5.32 Å². The van der Waals surface area contributed by atoms with E-state index in [1.165, 1.54) is 12.1 Å². The number of ether oxygens (including phenoxy) is 1. The zero-order valence-corrected chi connectivity index (χ0v) is 18.0. The van der Waals surface area contributed by atoms with E-state index in [2.05, 4.69) is 5.32 Å². The number of hydrogen-bond acceptors (Lipinski definition) is 4. The van der Waals surface area contributed by atoms with Crippen molar-refractivity contribution in [1.29, 1.82) is 0 Å². The van der Waals surface area contributed by atoms with Crippen molar-refractivity contribution in [2.75, 3.05) is 18.5 Å². The van der Waals surface area contributed by atoms with E-state index in [9.17, 15) is 19.1 Å². The van der Waals surface area contributed by atoms with Gasteiger partial charge in [-0.15, -0.1) is 0 Å². The van der Waals surface area contributed by atoms with Gasteiger partial charge < -0.3 is 20.1 Å². The molecule has 1 aliphatic rings. The highest BCUT2D eigenvalue weighted by molar-refractivity contribution is 5.92. The number of aliphatic hydroxyl groups excluding tert-OH is 1. The molecule has 2 amide bonds. The van der Waals surface area contributed by atoms with Crippen molar-refractivity contribution in [3.8, 4) is 0 Å². The lowest BCUT2D eigenvalue weighted by Crippen LogP contribution is -2.52. The lowest BCUT2D eigenvalue weighted by molar-refractivity contribution is -0.162. The fraction of sp³-hybridized carbons (Fsp3) is 0.231. The molecule has 33 heavy (non-hydrogen) atoms. The molecule has 3 aromatic carbocycles. The Balaban J connectivity index is 1.44. The first-order chi connectivity index (χ1) is 16.0. The summed E-state index contributed by atoms with van der Waals surface area (Å²) >= 11 is 0. The van der Waals surface area contributed by atoms with Crippen LogP contribution in [-0.2, 0) is 27.3 Å². The Bertz CT molecular complexity index is 1090. The standard InChI is InChI=1S/C26H25FN2O4/c27-21-10-6-19(7-11-21)15-29-23(16-30)26(33-17-25(29)32)20-8-12-22(13-9-20)28-24(31)14-18-4-2-1-3-5-18/h1-13,23,26,30H,14-17H2,(H,28,31). The Kier molecular flexibility index (Phi) is 7.12. The molecule has 0 spiro atoms. The third-order valence-corrected chi connectivity index (χ3v) is 5.64. The van der Waals surface area contributed by atoms with Crippen LogP contribution in [0.5, 0.6) is 0 Å². The van der Waals surface area contributed by atoms with E-state index in [0.29, 0.717) is 5.69 Å². The first-order valence-electron chi connectivity index (χ1n) is 10.7. The van der Waals surface area contributed by atoms with Gasteiger partial charge in [-0.2, -0.15) is 0 Å². The highest BCUT2D eigenvalue weighted by Gasteiger charge is 2.37. The minimum atomic E-state index is -0.588. The monoisotopic (exact) mass is 448 g/mol. The van der Waals surface area contributed by atoms with Crippen LogP contribution in [0.25, 0.3) is 0 Å². The van der Waals surface area contributed by atoms with Gasteiger partial charge in [0.15, 0.2) is 0 Å². The Morgan fingerprint density at radius 1 is 1.00 bits per heavy atom. The summed E-state index contributed by atoms with van der Waals surface area (Å²) in [4.78, 5) is 26.4. The van der Waals surface area contributed by atoms with Gasteiger partial charge in [0, 0.05) is 12.2 Å². The van der Waals surface area contributed by atoms with E-state index >= 15 is 0 Å². The molecule has 2 atom stereocenters. The van der Waals surface area contributed by atoms with Crippen molar-refractivity contribution in [1.82, 2.24) is 4.90 Å². The maximum atomic E-state index is 13.2. The van der Waals surface area contributed by atoms with Crippen LogP contribution in [-0.4, -0.2) is 41.1 Å². The molecule has 170 valence electrons. The molecule has 7 heteroatoms. The minimum absolute atomic E-state index is 0.113. The number of aliphatic hydroxyl groups is 1. The highest BCUT2D eigenvalue weighted by Crippen LogP contribution is 2.31. The quantitative estimate of drug-likeness (QED) is 0.580. The molecule has 0 radical (unpaired) electrons. The van der Waals surface area contributed by atoms with E-state index in [0.717, 1.165) is 16.7 Å². The predicted octanol–water partition coefficient (Wildman–Crippen LogP) is 3.47. The first-order valence-corrected chi connectivity index (χ1v) is 10.7. The largest absolute Gasteiger partial charge is 0.394 e. The molecule has 6 nitrogen and oxygen atoms in total. The number of anilines is 1. The molecular formula is C26H25FN2O4. The maximum Gasteiger partial charge on any atom is 0.249 e. The van der Waals surface area contributed by atoms with Crippen LogP contribution in [0.2, 0.25) is 0 Å². The summed E-state index contributed by atoms with van der Waals surface area (Å²) in [5.74, 6) is -0.703. The number of carbonyl (C=O) groups is 2. The number of rotatable bonds is 7. The molecule has 0 bridgehead atoms. The molecule has 3 aromatic rings. The van der Waals surface area contributed by atoms with Crippen molar-refractivity contribution >= 4 is 17.5 Å². The molecule has 0 saturated carbocycles. The number of carbonyl (C=O) groups excluding carboxylic acids is 2. The van der Waals surface area contributed by atoms with Crippen molar-refractivity contribution in [3.63, 3.8) is 0 Å². The van der Waals surface area contributed by atoms with Gasteiger partial charge in [-0.3, -0.25) is 9.59 Å². The lowest BCUT2D eigenvalue weighted by atomic mass is 9.98. The van der Waals surface area contributed by atoms with E-state index in [1.807, 2.05) is 42.5 Å². The van der Waals surface area contributed by atoms with Crippen LogP contribution in [0, 0.1) is 5.82 Å². The molecule has 2 N–H and O–H groups in total. The first kappa shape index (κ1) is 22.6. The Labute approximate surface area is 191 Å². The van der Waals surface area contributed by atoms with Crippen molar-refractivity contribution < 1.29 is 23.8 Å². The number of nitrogens with one attached hydrogen (secondary N) is 1. The number of halogens is 1. The zero-order chi connectivity index (χ0) is 23.2. The third kappa shape index (κ3) is 5.63. The normalized spacial score (nSPS) is 18.2. The smallest absolute Gasteiger partial charge is 0.249 e. The SMILES string of the molecule is O=C(Cc1ccccc1)Nc1ccc(C2OCC(=O)N(Cc3ccc(F)cc3)C2CO)cc1. The topological polar surface area (TPSA) is 78.9 Å². The highest BCUT2D eigenvalue weighted by atomic mass is 19.1. The van der Waals surface area contributed by atoms with E-state index < -0.39 is 12.1 Å². The Morgan fingerprint density at radius 2 is 1.70 bits per heavy atom. The van der Waals surface area contributed by atoms with Crippen molar-refractivity contribution in [3.05, 3.63) is 101 Å². The molecule has 2 unspecified atom stereocenters. The van der Waals surface area contributed by atoms with Gasteiger partial charge >= 0.3 is 0 Å². The van der Waals surface area contributed by atoms with Crippen LogP contribution >= 0.6 is 0 Å². The van der Waals surface area contributed by atoms with Crippen LogP contribution in [0.3, 0.4) is 0 Å². The van der Waals surface area contributed by atoms with Crippen molar-refractivity contribution in [2.45, 2.75) is 25.1 Å². The molecule has 1 fully saturated rings. The third-order valence-electron chi connectivity index (χ3n) is 5.64. The summed E-state index contributed by atoms with van der Waals surface area (Å²) in [5, 5.41) is 12.9. The molecule has 0 aromatic heterocycles. The van der Waals surface area contributed by atoms with Gasteiger partial charge in [0.2, 0.25) is 11.8 Å². The predicted molar refractivity (Wildman–Crippen MR) is 122 cm³/mol. The lowest BCUT2D eigenvalue weighted by Gasteiger charge is -2.40.